The summed E-state index contributed by atoms with van der Waals surface area (Å²) in [7, 11) is 0. The molecule has 0 unspecified atom stereocenters. The molecule has 0 fully saturated rings. The van der Waals surface area contributed by atoms with Crippen LogP contribution in [0.2, 0.25) is 0 Å². The summed E-state index contributed by atoms with van der Waals surface area (Å²) >= 11 is 0. The summed E-state index contributed by atoms with van der Waals surface area (Å²) in [5.41, 5.74) is 1.36. The number of nitrogens with zero attached hydrogens (tertiary/aromatic N) is 2. The van der Waals surface area contributed by atoms with Gasteiger partial charge >= 0.3 is 0 Å². The average Bonchev–Trinajstić information content (AvgIpc) is 2.49. The molecule has 1 N–H and O–H groups in total. The number of unbranched alkanes of at least 4 members (excludes halogenated alkanes) is 9. The van der Waals surface area contributed by atoms with Gasteiger partial charge in [0.1, 0.15) is 0 Å². The van der Waals surface area contributed by atoms with Crippen LogP contribution in [0.1, 0.15) is 69.8 Å². The Labute approximate surface area is 123 Å². The molecule has 1 rings (SSSR count). The lowest BCUT2D eigenvalue weighted by atomic mass is 10.0. The van der Waals surface area contributed by atoms with E-state index in [2.05, 4.69) is 16.2 Å². The van der Waals surface area contributed by atoms with Crippen LogP contribution in [0.25, 0.3) is 0 Å². The van der Waals surface area contributed by atoms with Gasteiger partial charge in [0.05, 0.1) is 0 Å². The molecule has 1 aromatic rings. The molecular formula is C17H28N2O. The highest BCUT2D eigenvalue weighted by molar-refractivity contribution is 5.55. The molecule has 1 aromatic heterocycles. The maximum atomic E-state index is 8.25. The van der Waals surface area contributed by atoms with Crippen LogP contribution in [-0.4, -0.2) is 16.4 Å². The molecule has 3 heteroatoms. The Kier molecular flexibility index (Phi) is 10.5. The molecule has 0 radical (unpaired) electrons. The zero-order valence-corrected chi connectivity index (χ0v) is 12.5. The Bertz CT molecular complexity index is 338. The lowest BCUT2D eigenvalue weighted by Gasteiger charge is -2.02. The van der Waals surface area contributed by atoms with Crippen molar-refractivity contribution < 1.29 is 5.21 Å². The molecule has 1 heterocycles. The van der Waals surface area contributed by atoms with E-state index < -0.39 is 0 Å². The summed E-state index contributed by atoms with van der Waals surface area (Å²) in [4.78, 5) is 4.14. The monoisotopic (exact) mass is 276 g/mol. The summed E-state index contributed by atoms with van der Waals surface area (Å²) in [5.74, 6) is 0. The molecule has 0 saturated carbocycles. The lowest BCUT2D eigenvalue weighted by Crippen LogP contribution is -1.87. The minimum absolute atomic E-state index is 0.908. The van der Waals surface area contributed by atoms with Gasteiger partial charge in [0.15, 0.2) is 0 Å². The Morgan fingerprint density at radius 3 is 2.20 bits per heavy atom. The summed E-state index contributed by atoms with van der Waals surface area (Å²) in [6.07, 6.45) is 19.2. The number of rotatable bonds is 12. The first-order valence-corrected chi connectivity index (χ1v) is 7.98. The third-order valence-corrected chi connectivity index (χ3v) is 3.60. The predicted octanol–water partition coefficient (Wildman–Crippen LogP) is 4.99. The smallest absolute Gasteiger partial charge is 0.0435 e. The Morgan fingerprint density at radius 2 is 1.60 bits per heavy atom. The fourth-order valence-corrected chi connectivity index (χ4v) is 2.41. The summed E-state index contributed by atoms with van der Waals surface area (Å²) in [6, 6.07) is 4.18. The third kappa shape index (κ3) is 9.54. The zero-order chi connectivity index (χ0) is 14.3. The predicted molar refractivity (Wildman–Crippen MR) is 84.4 cm³/mol. The number of hydrogen-bond acceptors (Lipinski definition) is 3. The van der Waals surface area contributed by atoms with Crippen LogP contribution in [0.3, 0.4) is 0 Å². The quantitative estimate of drug-likeness (QED) is 0.253. The van der Waals surface area contributed by atoms with Crippen LogP contribution in [0, 0.1) is 0 Å². The molecule has 20 heavy (non-hydrogen) atoms. The van der Waals surface area contributed by atoms with Crippen molar-refractivity contribution in [1.82, 2.24) is 4.98 Å². The molecule has 0 amide bonds. The van der Waals surface area contributed by atoms with Crippen LogP contribution in [0.5, 0.6) is 0 Å². The second kappa shape index (κ2) is 12.6. The molecule has 0 aliphatic rings. The third-order valence-electron chi connectivity index (χ3n) is 3.60. The minimum atomic E-state index is 0.908. The highest BCUT2D eigenvalue weighted by Crippen LogP contribution is 2.11. The minimum Gasteiger partial charge on any atom is -0.411 e. The zero-order valence-electron chi connectivity index (χ0n) is 12.5. The van der Waals surface area contributed by atoms with Crippen molar-refractivity contribution in [3.05, 3.63) is 30.1 Å². The SMILES string of the molecule is O/N=C/CCCCCCCCCCCc1cccnc1. The van der Waals surface area contributed by atoms with Crippen molar-refractivity contribution in [3.63, 3.8) is 0 Å². The Hall–Kier alpha value is -1.38. The molecule has 0 spiro atoms. The molecule has 0 aliphatic carbocycles. The maximum absolute atomic E-state index is 8.25. The van der Waals surface area contributed by atoms with Gasteiger partial charge in [0, 0.05) is 18.6 Å². The molecule has 112 valence electrons. The standard InChI is InChI=1S/C17H28N2O/c20-19-15-10-8-6-4-2-1-3-5-7-9-12-17-13-11-14-18-16-17/h11,13-16,20H,1-10,12H2/b19-15+. The summed E-state index contributed by atoms with van der Waals surface area (Å²) in [5, 5.41) is 11.3. The van der Waals surface area contributed by atoms with Crippen molar-refractivity contribution in [3.8, 4) is 0 Å². The topological polar surface area (TPSA) is 45.5 Å². The van der Waals surface area contributed by atoms with Crippen LogP contribution < -0.4 is 0 Å². The van der Waals surface area contributed by atoms with Gasteiger partial charge < -0.3 is 5.21 Å². The van der Waals surface area contributed by atoms with E-state index in [1.807, 2.05) is 18.5 Å². The van der Waals surface area contributed by atoms with E-state index in [0.717, 1.165) is 12.8 Å². The molecule has 0 atom stereocenters. The van der Waals surface area contributed by atoms with Crippen molar-refractivity contribution in [1.29, 1.82) is 0 Å². The van der Waals surface area contributed by atoms with Gasteiger partial charge in [-0.1, -0.05) is 51.0 Å². The fourth-order valence-electron chi connectivity index (χ4n) is 2.41. The van der Waals surface area contributed by atoms with E-state index in [1.165, 1.54) is 63.4 Å². The van der Waals surface area contributed by atoms with E-state index in [4.69, 9.17) is 5.21 Å². The van der Waals surface area contributed by atoms with E-state index in [1.54, 1.807) is 6.21 Å². The average molecular weight is 276 g/mol. The molecule has 3 nitrogen and oxygen atoms in total. The second-order valence-corrected chi connectivity index (χ2v) is 5.38. The van der Waals surface area contributed by atoms with Crippen LogP contribution in [-0.2, 0) is 6.42 Å². The molecular weight excluding hydrogens is 248 g/mol. The van der Waals surface area contributed by atoms with Crippen molar-refractivity contribution >= 4 is 6.21 Å². The van der Waals surface area contributed by atoms with Gasteiger partial charge in [-0.3, -0.25) is 4.98 Å². The highest BCUT2D eigenvalue weighted by atomic mass is 16.4. The van der Waals surface area contributed by atoms with Crippen LogP contribution in [0.4, 0.5) is 0 Å². The van der Waals surface area contributed by atoms with Gasteiger partial charge in [-0.2, -0.15) is 0 Å². The first-order valence-electron chi connectivity index (χ1n) is 7.98. The number of oxime groups is 1. The molecule has 0 bridgehead atoms. The van der Waals surface area contributed by atoms with Gasteiger partial charge in [-0.25, -0.2) is 0 Å². The first kappa shape index (κ1) is 16.7. The first-order chi connectivity index (χ1) is 9.93. The lowest BCUT2D eigenvalue weighted by molar-refractivity contribution is 0.320. The fraction of sp³-hybridized carbons (Fsp3) is 0.647. The van der Waals surface area contributed by atoms with Crippen molar-refractivity contribution in [2.24, 2.45) is 5.16 Å². The largest absolute Gasteiger partial charge is 0.411 e. The van der Waals surface area contributed by atoms with Crippen molar-refractivity contribution in [2.75, 3.05) is 0 Å². The maximum Gasteiger partial charge on any atom is 0.0435 e. The summed E-state index contributed by atoms with van der Waals surface area (Å²) in [6.45, 7) is 0. The van der Waals surface area contributed by atoms with E-state index in [-0.39, 0.29) is 0 Å². The van der Waals surface area contributed by atoms with Gasteiger partial charge in [-0.05, 0) is 37.3 Å². The van der Waals surface area contributed by atoms with E-state index >= 15 is 0 Å². The molecule has 0 aliphatic heterocycles. The van der Waals surface area contributed by atoms with Gasteiger partial charge in [0.2, 0.25) is 0 Å². The van der Waals surface area contributed by atoms with E-state index in [9.17, 15) is 0 Å². The highest BCUT2D eigenvalue weighted by Gasteiger charge is 1.94. The normalized spacial score (nSPS) is 11.2. The molecule has 0 saturated heterocycles. The number of aromatic nitrogens is 1. The Morgan fingerprint density at radius 1 is 0.950 bits per heavy atom. The number of pyridine rings is 1. The van der Waals surface area contributed by atoms with E-state index in [0.29, 0.717) is 0 Å². The summed E-state index contributed by atoms with van der Waals surface area (Å²) < 4.78 is 0. The van der Waals surface area contributed by atoms with Gasteiger partial charge in [0.25, 0.3) is 0 Å². The van der Waals surface area contributed by atoms with Crippen LogP contribution >= 0.6 is 0 Å². The Balaban J connectivity index is 1.79. The number of aryl methyl sites for hydroxylation is 1. The van der Waals surface area contributed by atoms with Crippen LogP contribution in [0.15, 0.2) is 29.7 Å². The second-order valence-electron chi connectivity index (χ2n) is 5.38. The van der Waals surface area contributed by atoms with Gasteiger partial charge in [-0.15, -0.1) is 5.16 Å². The molecule has 0 aromatic carbocycles. The van der Waals surface area contributed by atoms with Crippen molar-refractivity contribution in [2.45, 2.75) is 70.6 Å². The number of hydrogen-bond donors (Lipinski definition) is 1.